The van der Waals surface area contributed by atoms with Crippen LogP contribution in [-0.4, -0.2) is 30.7 Å². The van der Waals surface area contributed by atoms with E-state index in [-0.39, 0.29) is 18.7 Å². The van der Waals surface area contributed by atoms with Crippen molar-refractivity contribution in [3.8, 4) is 11.5 Å². The van der Waals surface area contributed by atoms with E-state index < -0.39 is 0 Å². The highest BCUT2D eigenvalue weighted by Crippen LogP contribution is 2.32. The van der Waals surface area contributed by atoms with Crippen molar-refractivity contribution in [1.29, 1.82) is 0 Å². The van der Waals surface area contributed by atoms with Crippen LogP contribution in [0.25, 0.3) is 0 Å². The van der Waals surface area contributed by atoms with Crippen molar-refractivity contribution in [2.45, 2.75) is 38.8 Å². The molecule has 0 saturated carbocycles. The third-order valence-electron chi connectivity index (χ3n) is 3.38. The fraction of sp³-hybridized carbons (Fsp3) is 0.533. The second-order valence-electron chi connectivity index (χ2n) is 5.19. The van der Waals surface area contributed by atoms with Gasteiger partial charge in [-0.05, 0) is 24.1 Å². The van der Waals surface area contributed by atoms with Crippen LogP contribution in [0.5, 0.6) is 11.5 Å². The van der Waals surface area contributed by atoms with E-state index >= 15 is 0 Å². The number of benzene rings is 1. The van der Waals surface area contributed by atoms with Crippen molar-refractivity contribution in [3.05, 3.63) is 23.8 Å². The molecule has 2 rings (SSSR count). The van der Waals surface area contributed by atoms with Gasteiger partial charge in [-0.25, -0.2) is 0 Å². The Kier molecular flexibility index (Phi) is 4.84. The van der Waals surface area contributed by atoms with Gasteiger partial charge in [-0.15, -0.1) is 0 Å². The van der Waals surface area contributed by atoms with Gasteiger partial charge in [0.05, 0.1) is 0 Å². The molecule has 0 bridgehead atoms. The first-order chi connectivity index (χ1) is 9.60. The van der Waals surface area contributed by atoms with Crippen molar-refractivity contribution in [1.82, 2.24) is 4.90 Å². The van der Waals surface area contributed by atoms with E-state index in [1.54, 1.807) is 11.9 Å². The van der Waals surface area contributed by atoms with Crippen LogP contribution in [-0.2, 0) is 11.3 Å². The van der Waals surface area contributed by atoms with Gasteiger partial charge < -0.3 is 20.1 Å². The number of ether oxygens (including phenoxy) is 2. The second kappa shape index (κ2) is 6.61. The molecule has 1 aliphatic rings. The topological polar surface area (TPSA) is 64.8 Å². The number of nitrogens with zero attached hydrogens (tertiary/aromatic N) is 1. The standard InChI is InChI=1S/C15H22N2O3/c1-3-4-12(16)8-15(18)17(2)9-11-5-6-13-14(7-11)20-10-19-13/h5-7,12H,3-4,8-10,16H2,1-2H3. The van der Waals surface area contributed by atoms with Crippen molar-refractivity contribution >= 4 is 5.91 Å². The van der Waals surface area contributed by atoms with Crippen molar-refractivity contribution in [3.63, 3.8) is 0 Å². The number of amides is 1. The lowest BCUT2D eigenvalue weighted by Gasteiger charge is -2.19. The first-order valence-electron chi connectivity index (χ1n) is 6.98. The van der Waals surface area contributed by atoms with Crippen molar-refractivity contribution in [2.75, 3.05) is 13.8 Å². The molecule has 5 nitrogen and oxygen atoms in total. The van der Waals surface area contributed by atoms with Crippen molar-refractivity contribution < 1.29 is 14.3 Å². The molecule has 1 heterocycles. The summed E-state index contributed by atoms with van der Waals surface area (Å²) in [6.07, 6.45) is 2.28. The average Bonchev–Trinajstić information content (AvgIpc) is 2.86. The summed E-state index contributed by atoms with van der Waals surface area (Å²) in [7, 11) is 1.80. The molecular formula is C15H22N2O3. The summed E-state index contributed by atoms with van der Waals surface area (Å²) in [5.41, 5.74) is 6.93. The van der Waals surface area contributed by atoms with E-state index in [0.717, 1.165) is 29.9 Å². The fourth-order valence-corrected chi connectivity index (χ4v) is 2.25. The molecule has 1 aliphatic heterocycles. The Hall–Kier alpha value is -1.75. The van der Waals surface area contributed by atoms with Gasteiger partial charge in [-0.2, -0.15) is 0 Å². The summed E-state index contributed by atoms with van der Waals surface area (Å²) in [6.45, 7) is 2.88. The smallest absolute Gasteiger partial charge is 0.231 e. The number of hydrogen-bond acceptors (Lipinski definition) is 4. The normalized spacial score (nSPS) is 14.2. The molecule has 20 heavy (non-hydrogen) atoms. The Morgan fingerprint density at radius 3 is 2.90 bits per heavy atom. The quantitative estimate of drug-likeness (QED) is 0.863. The van der Waals surface area contributed by atoms with E-state index in [1.807, 2.05) is 18.2 Å². The van der Waals surface area contributed by atoms with Crippen LogP contribution in [0.15, 0.2) is 18.2 Å². The number of carbonyl (C=O) groups excluding carboxylic acids is 1. The third kappa shape index (κ3) is 3.63. The van der Waals surface area contributed by atoms with Gasteiger partial charge in [0, 0.05) is 26.1 Å². The highest BCUT2D eigenvalue weighted by Gasteiger charge is 2.16. The third-order valence-corrected chi connectivity index (χ3v) is 3.38. The predicted octanol–water partition coefficient (Wildman–Crippen LogP) is 1.89. The van der Waals surface area contributed by atoms with Crippen LogP contribution in [0.2, 0.25) is 0 Å². The molecule has 1 aromatic rings. The molecule has 5 heteroatoms. The first-order valence-corrected chi connectivity index (χ1v) is 6.98. The molecule has 0 aliphatic carbocycles. The van der Waals surface area contributed by atoms with Gasteiger partial charge in [0.1, 0.15) is 0 Å². The van der Waals surface area contributed by atoms with Crippen LogP contribution >= 0.6 is 0 Å². The molecule has 0 saturated heterocycles. The van der Waals surface area contributed by atoms with E-state index in [4.69, 9.17) is 15.2 Å². The second-order valence-corrected chi connectivity index (χ2v) is 5.19. The summed E-state index contributed by atoms with van der Waals surface area (Å²) in [4.78, 5) is 13.8. The molecular weight excluding hydrogens is 256 g/mol. The van der Waals surface area contributed by atoms with Crippen LogP contribution in [0.3, 0.4) is 0 Å². The van der Waals surface area contributed by atoms with E-state index in [9.17, 15) is 4.79 Å². The number of nitrogens with two attached hydrogens (primary N) is 1. The molecule has 0 spiro atoms. The maximum Gasteiger partial charge on any atom is 0.231 e. The van der Waals surface area contributed by atoms with Crippen LogP contribution in [0.4, 0.5) is 0 Å². The summed E-state index contributed by atoms with van der Waals surface area (Å²) in [5.74, 6) is 1.57. The Bertz CT molecular complexity index is 476. The Morgan fingerprint density at radius 1 is 1.40 bits per heavy atom. The number of fused-ring (bicyclic) bond motifs is 1. The lowest BCUT2D eigenvalue weighted by Crippen LogP contribution is -2.32. The highest BCUT2D eigenvalue weighted by atomic mass is 16.7. The molecule has 0 fully saturated rings. The predicted molar refractivity (Wildman–Crippen MR) is 76.5 cm³/mol. The van der Waals surface area contributed by atoms with Gasteiger partial charge in [0.25, 0.3) is 0 Å². The number of rotatable bonds is 6. The maximum absolute atomic E-state index is 12.1. The lowest BCUT2D eigenvalue weighted by molar-refractivity contribution is -0.130. The van der Waals surface area contributed by atoms with Crippen LogP contribution < -0.4 is 15.2 Å². The van der Waals surface area contributed by atoms with Gasteiger partial charge in [0.15, 0.2) is 11.5 Å². The van der Waals surface area contributed by atoms with Crippen LogP contribution in [0, 0.1) is 0 Å². The van der Waals surface area contributed by atoms with E-state index in [1.165, 1.54) is 0 Å². The summed E-state index contributed by atoms with van der Waals surface area (Å²) in [6, 6.07) is 5.69. The van der Waals surface area contributed by atoms with Gasteiger partial charge >= 0.3 is 0 Å². The first kappa shape index (κ1) is 14.7. The summed E-state index contributed by atoms with van der Waals surface area (Å²) >= 11 is 0. The monoisotopic (exact) mass is 278 g/mol. The highest BCUT2D eigenvalue weighted by molar-refractivity contribution is 5.76. The Morgan fingerprint density at radius 2 is 2.15 bits per heavy atom. The zero-order chi connectivity index (χ0) is 14.5. The molecule has 0 radical (unpaired) electrons. The number of carbonyl (C=O) groups is 1. The molecule has 1 aromatic carbocycles. The minimum atomic E-state index is -0.0493. The Balaban J connectivity index is 1.90. The molecule has 1 atom stereocenters. The molecule has 1 amide bonds. The average molecular weight is 278 g/mol. The largest absolute Gasteiger partial charge is 0.454 e. The van der Waals surface area contributed by atoms with Gasteiger partial charge in [-0.3, -0.25) is 4.79 Å². The molecule has 2 N–H and O–H groups in total. The van der Waals surface area contributed by atoms with E-state index in [0.29, 0.717) is 13.0 Å². The zero-order valence-electron chi connectivity index (χ0n) is 12.1. The van der Waals surface area contributed by atoms with Gasteiger partial charge in [-0.1, -0.05) is 19.4 Å². The minimum Gasteiger partial charge on any atom is -0.454 e. The number of hydrogen-bond donors (Lipinski definition) is 1. The van der Waals surface area contributed by atoms with Crippen molar-refractivity contribution in [2.24, 2.45) is 5.73 Å². The van der Waals surface area contributed by atoms with Crippen LogP contribution in [0.1, 0.15) is 31.7 Å². The maximum atomic E-state index is 12.1. The zero-order valence-corrected chi connectivity index (χ0v) is 12.1. The summed E-state index contributed by atoms with van der Waals surface area (Å²) < 4.78 is 10.6. The van der Waals surface area contributed by atoms with Gasteiger partial charge in [0.2, 0.25) is 12.7 Å². The molecule has 1 unspecified atom stereocenters. The molecule has 0 aromatic heterocycles. The Labute approximate surface area is 119 Å². The SMILES string of the molecule is CCCC(N)CC(=O)N(C)Cc1ccc2c(c1)OCO2. The summed E-state index contributed by atoms with van der Waals surface area (Å²) in [5, 5.41) is 0. The lowest BCUT2D eigenvalue weighted by atomic mass is 10.1. The minimum absolute atomic E-state index is 0.0493. The molecule has 110 valence electrons. The van der Waals surface area contributed by atoms with E-state index in [2.05, 4.69) is 6.92 Å². The fourth-order valence-electron chi connectivity index (χ4n) is 2.25.